The van der Waals surface area contributed by atoms with E-state index in [1.807, 2.05) is 48.5 Å². The molecule has 7 rings (SSSR count). The van der Waals surface area contributed by atoms with Gasteiger partial charge in [0.25, 0.3) is 0 Å². The van der Waals surface area contributed by atoms with Crippen LogP contribution in [0.5, 0.6) is 5.75 Å². The van der Waals surface area contributed by atoms with Crippen LogP contribution in [0.1, 0.15) is 23.1 Å². The Morgan fingerprint density at radius 1 is 0.943 bits per heavy atom. The van der Waals surface area contributed by atoms with Gasteiger partial charge >= 0.3 is 0 Å². The highest BCUT2D eigenvalue weighted by molar-refractivity contribution is 5.92. The lowest BCUT2D eigenvalue weighted by atomic mass is 9.59. The third-order valence-electron chi connectivity index (χ3n) is 8.21. The summed E-state index contributed by atoms with van der Waals surface area (Å²) in [7, 11) is 0. The molecule has 1 saturated carbocycles. The fraction of sp³-hybridized carbons (Fsp3) is 0.333. The molecular weight excluding hydrogens is 434 g/mol. The van der Waals surface area contributed by atoms with E-state index >= 15 is 0 Å². The Bertz CT molecular complexity index is 1210. The zero-order valence-corrected chi connectivity index (χ0v) is 19.8. The summed E-state index contributed by atoms with van der Waals surface area (Å²) in [5.41, 5.74) is 2.81. The van der Waals surface area contributed by atoms with Gasteiger partial charge in [-0.3, -0.25) is 14.7 Å². The predicted molar refractivity (Wildman–Crippen MR) is 137 cm³/mol. The molecule has 0 aromatic heterocycles. The summed E-state index contributed by atoms with van der Waals surface area (Å²) >= 11 is 0. The first kappa shape index (κ1) is 22.1. The number of carbonyl (C=O) groups excluding carboxylic acids is 1. The highest BCUT2D eigenvalue weighted by atomic mass is 16.3. The molecule has 3 aromatic carbocycles. The molecule has 3 heterocycles. The number of nitrogens with one attached hydrogen (secondary N) is 1. The minimum Gasteiger partial charge on any atom is -0.508 e. The van der Waals surface area contributed by atoms with E-state index in [2.05, 4.69) is 40.7 Å². The quantitative estimate of drug-likeness (QED) is 0.549. The van der Waals surface area contributed by atoms with Crippen molar-refractivity contribution < 1.29 is 9.90 Å². The summed E-state index contributed by atoms with van der Waals surface area (Å²) in [6, 6.07) is 28.2. The van der Waals surface area contributed by atoms with Gasteiger partial charge in [-0.15, -0.1) is 0 Å². The van der Waals surface area contributed by atoms with Gasteiger partial charge in [-0.25, -0.2) is 0 Å². The van der Waals surface area contributed by atoms with Gasteiger partial charge in [0, 0.05) is 37.8 Å². The first-order valence-electron chi connectivity index (χ1n) is 12.6. The molecule has 0 spiro atoms. The highest BCUT2D eigenvalue weighted by Gasteiger charge is 2.67. The molecule has 1 saturated heterocycles. The van der Waals surface area contributed by atoms with E-state index < -0.39 is 5.54 Å². The number of phenolic OH excluding ortho intramolecular Hbond substituents is 1. The number of aromatic hydroxyl groups is 1. The molecule has 3 aromatic rings. The Kier molecular flexibility index (Phi) is 5.65. The Morgan fingerprint density at radius 3 is 2.34 bits per heavy atom. The van der Waals surface area contributed by atoms with Crippen molar-refractivity contribution in [2.45, 2.75) is 37.5 Å². The molecule has 0 unspecified atom stereocenters. The summed E-state index contributed by atoms with van der Waals surface area (Å²) in [5.74, 6) is 1.21. The Morgan fingerprint density at radius 2 is 1.63 bits per heavy atom. The predicted octanol–water partition coefficient (Wildman–Crippen LogP) is 4.21. The average molecular weight is 466 g/mol. The number of nitrogens with zero attached hydrogens (tertiary/aromatic N) is 2. The molecule has 4 bridgehead atoms. The second-order valence-electron chi connectivity index (χ2n) is 10.3. The minimum absolute atomic E-state index is 0.0426. The van der Waals surface area contributed by atoms with E-state index in [-0.39, 0.29) is 23.6 Å². The molecule has 1 amide bonds. The molecule has 2 fully saturated rings. The van der Waals surface area contributed by atoms with Crippen molar-refractivity contribution in [3.63, 3.8) is 0 Å². The third kappa shape index (κ3) is 3.94. The molecule has 0 radical (unpaired) electrons. The lowest BCUT2D eigenvalue weighted by Gasteiger charge is -2.51. The number of aliphatic imine (C=N–C) groups is 1. The smallest absolute Gasteiger partial charge is 0.250 e. The van der Waals surface area contributed by atoms with Crippen molar-refractivity contribution in [3.05, 3.63) is 102 Å². The number of hydrogen-bond acceptors (Lipinski definition) is 4. The van der Waals surface area contributed by atoms with Crippen LogP contribution in [0.2, 0.25) is 0 Å². The molecule has 2 N–H and O–H groups in total. The lowest BCUT2D eigenvalue weighted by Crippen LogP contribution is -2.65. The van der Waals surface area contributed by atoms with E-state index in [1.165, 1.54) is 11.1 Å². The number of rotatable bonds is 7. The van der Waals surface area contributed by atoms with Crippen molar-refractivity contribution in [1.82, 2.24) is 10.2 Å². The molecule has 5 heteroatoms. The van der Waals surface area contributed by atoms with Gasteiger partial charge in [-0.1, -0.05) is 72.8 Å². The van der Waals surface area contributed by atoms with Gasteiger partial charge in [0.2, 0.25) is 5.91 Å². The fourth-order valence-corrected chi connectivity index (χ4v) is 6.66. The van der Waals surface area contributed by atoms with E-state index in [0.717, 1.165) is 31.5 Å². The van der Waals surface area contributed by atoms with Crippen molar-refractivity contribution in [3.8, 4) is 5.75 Å². The standard InChI is InChI=1S/C30H31N3O2/c34-26-13-11-21(12-14-26)15-27-24-16-25-20-33(19-23-9-5-2-6-10-23)28(27)30(25,32-18-24)29(35)31-17-22-7-3-1-4-8-22/h1-14,18,24-25,27-28,34H,15-17,19-20H2,(H,31,35)/t24-,25-,27+,28-,30-/m0/s1. The first-order valence-corrected chi connectivity index (χ1v) is 12.6. The Labute approximate surface area is 206 Å². The van der Waals surface area contributed by atoms with Crippen LogP contribution in [-0.2, 0) is 24.3 Å². The largest absolute Gasteiger partial charge is 0.508 e. The van der Waals surface area contributed by atoms with Gasteiger partial charge in [0.15, 0.2) is 5.54 Å². The van der Waals surface area contributed by atoms with E-state index in [9.17, 15) is 9.90 Å². The topological polar surface area (TPSA) is 64.9 Å². The SMILES string of the molecule is O=C(NCc1ccccc1)[C@]12N=C[C@@H]3C[C@H]1CN(Cc1ccccc1)[C@H]2[C@@H]3Cc1ccc(O)cc1. The number of amides is 1. The van der Waals surface area contributed by atoms with Crippen LogP contribution in [0, 0.1) is 17.8 Å². The second-order valence-corrected chi connectivity index (χ2v) is 10.3. The summed E-state index contributed by atoms with van der Waals surface area (Å²) < 4.78 is 0. The number of carbonyl (C=O) groups is 1. The summed E-state index contributed by atoms with van der Waals surface area (Å²) in [6.07, 6.45) is 3.94. The van der Waals surface area contributed by atoms with Crippen molar-refractivity contribution in [2.75, 3.05) is 6.54 Å². The maximum Gasteiger partial charge on any atom is 0.250 e. The van der Waals surface area contributed by atoms with Crippen LogP contribution in [-0.4, -0.2) is 40.3 Å². The normalized spacial score (nSPS) is 28.8. The molecule has 3 aliphatic heterocycles. The molecular formula is C30H31N3O2. The summed E-state index contributed by atoms with van der Waals surface area (Å²) in [5, 5.41) is 13.0. The molecule has 4 aliphatic rings. The van der Waals surface area contributed by atoms with Crippen molar-refractivity contribution in [1.29, 1.82) is 0 Å². The number of hydrogen-bond donors (Lipinski definition) is 2. The lowest BCUT2D eigenvalue weighted by molar-refractivity contribution is -0.132. The molecule has 1 aliphatic carbocycles. The molecule has 5 atom stereocenters. The van der Waals surface area contributed by atoms with Gasteiger partial charge in [-0.2, -0.15) is 0 Å². The van der Waals surface area contributed by atoms with Gasteiger partial charge in [0.05, 0.1) is 0 Å². The highest BCUT2D eigenvalue weighted by Crippen LogP contribution is 2.55. The van der Waals surface area contributed by atoms with E-state index in [1.54, 1.807) is 12.1 Å². The zero-order valence-electron chi connectivity index (χ0n) is 19.8. The molecule has 5 nitrogen and oxygen atoms in total. The maximum atomic E-state index is 14.0. The molecule has 178 valence electrons. The maximum absolute atomic E-state index is 14.0. The monoisotopic (exact) mass is 465 g/mol. The van der Waals surface area contributed by atoms with Crippen LogP contribution in [0.25, 0.3) is 0 Å². The number of benzene rings is 3. The third-order valence-corrected chi connectivity index (χ3v) is 8.21. The number of phenols is 1. The van der Waals surface area contributed by atoms with E-state index in [4.69, 9.17) is 4.99 Å². The van der Waals surface area contributed by atoms with Crippen molar-refractivity contribution >= 4 is 12.1 Å². The zero-order chi connectivity index (χ0) is 23.8. The van der Waals surface area contributed by atoms with Gasteiger partial charge < -0.3 is 10.4 Å². The Balaban J connectivity index is 1.33. The summed E-state index contributed by atoms with van der Waals surface area (Å²) in [6.45, 7) is 2.23. The first-order chi connectivity index (χ1) is 17.1. The Hall–Kier alpha value is -3.44. The number of likely N-dealkylation sites (tertiary alicyclic amines) is 1. The van der Waals surface area contributed by atoms with Crippen molar-refractivity contribution in [2.24, 2.45) is 22.7 Å². The molecule has 35 heavy (non-hydrogen) atoms. The van der Waals surface area contributed by atoms with Crippen LogP contribution in [0.15, 0.2) is 89.9 Å². The summed E-state index contributed by atoms with van der Waals surface area (Å²) in [4.78, 5) is 21.5. The average Bonchev–Trinajstić information content (AvgIpc) is 3.15. The van der Waals surface area contributed by atoms with Crippen LogP contribution >= 0.6 is 0 Å². The van der Waals surface area contributed by atoms with Crippen LogP contribution in [0.3, 0.4) is 0 Å². The second kappa shape index (κ2) is 8.97. The fourth-order valence-electron chi connectivity index (χ4n) is 6.66. The van der Waals surface area contributed by atoms with Gasteiger partial charge in [0.1, 0.15) is 5.75 Å². The van der Waals surface area contributed by atoms with Gasteiger partial charge in [-0.05, 0) is 53.5 Å². The van der Waals surface area contributed by atoms with E-state index in [0.29, 0.717) is 18.4 Å². The van der Waals surface area contributed by atoms with Crippen LogP contribution in [0.4, 0.5) is 0 Å². The minimum atomic E-state index is -0.750. The van der Waals surface area contributed by atoms with Crippen LogP contribution < -0.4 is 5.32 Å².